The molecule has 2 rings (SSSR count). The van der Waals surface area contributed by atoms with Gasteiger partial charge in [-0.1, -0.05) is 20.8 Å². The lowest BCUT2D eigenvalue weighted by Gasteiger charge is -2.14. The summed E-state index contributed by atoms with van der Waals surface area (Å²) < 4.78 is 1.69. The van der Waals surface area contributed by atoms with Crippen LogP contribution in [0.15, 0.2) is 28.5 Å². The van der Waals surface area contributed by atoms with Gasteiger partial charge in [-0.15, -0.1) is 11.3 Å². The van der Waals surface area contributed by atoms with Gasteiger partial charge < -0.3 is 4.57 Å². The van der Waals surface area contributed by atoms with Gasteiger partial charge in [-0.3, -0.25) is 4.79 Å². The molecule has 0 aliphatic heterocycles. The van der Waals surface area contributed by atoms with Crippen molar-refractivity contribution in [2.45, 2.75) is 39.7 Å². The van der Waals surface area contributed by atoms with Gasteiger partial charge in [0.25, 0.3) is 5.56 Å². The topological polar surface area (TPSA) is 34.9 Å². The number of hydrogen-bond acceptors (Lipinski definition) is 3. The fraction of sp³-hybridized carbons (Fsp3) is 0.429. The van der Waals surface area contributed by atoms with E-state index >= 15 is 0 Å². The van der Waals surface area contributed by atoms with Crippen LogP contribution in [0.1, 0.15) is 37.0 Å². The monoisotopic (exact) mass is 262 g/mol. The van der Waals surface area contributed by atoms with Crippen molar-refractivity contribution in [3.8, 4) is 0 Å². The molecule has 0 aliphatic carbocycles. The first-order valence-electron chi connectivity index (χ1n) is 5.98. The molecule has 2 aromatic rings. The summed E-state index contributed by atoms with van der Waals surface area (Å²) in [6, 6.07) is 3.60. The lowest BCUT2D eigenvalue weighted by atomic mass is 9.93. The SMILES string of the molecule is Cc1ccn(Cc2nc(C(C)(C)C)cs2)c(=O)c1. The van der Waals surface area contributed by atoms with Crippen LogP contribution in [0.4, 0.5) is 0 Å². The molecule has 0 saturated heterocycles. The van der Waals surface area contributed by atoms with Gasteiger partial charge in [0, 0.05) is 23.1 Å². The van der Waals surface area contributed by atoms with Crippen LogP contribution in [0.3, 0.4) is 0 Å². The number of aromatic nitrogens is 2. The van der Waals surface area contributed by atoms with Gasteiger partial charge in [-0.05, 0) is 18.6 Å². The Balaban J connectivity index is 2.24. The quantitative estimate of drug-likeness (QED) is 0.834. The Labute approximate surface area is 111 Å². The summed E-state index contributed by atoms with van der Waals surface area (Å²) in [6.07, 6.45) is 1.83. The number of pyridine rings is 1. The molecular weight excluding hydrogens is 244 g/mol. The average molecular weight is 262 g/mol. The van der Waals surface area contributed by atoms with Crippen LogP contribution in [0, 0.1) is 6.92 Å². The molecule has 96 valence electrons. The maximum absolute atomic E-state index is 11.8. The molecule has 3 nitrogen and oxygen atoms in total. The minimum absolute atomic E-state index is 0.0301. The lowest BCUT2D eigenvalue weighted by Crippen LogP contribution is -2.19. The van der Waals surface area contributed by atoms with E-state index in [1.165, 1.54) is 0 Å². The highest BCUT2D eigenvalue weighted by atomic mass is 32.1. The maximum atomic E-state index is 11.8. The molecule has 0 N–H and O–H groups in total. The first-order valence-corrected chi connectivity index (χ1v) is 6.86. The third kappa shape index (κ3) is 2.88. The minimum Gasteiger partial charge on any atom is -0.309 e. The molecule has 0 unspecified atom stereocenters. The predicted molar refractivity (Wildman–Crippen MR) is 75.4 cm³/mol. The van der Waals surface area contributed by atoms with Crippen molar-refractivity contribution in [3.63, 3.8) is 0 Å². The third-order valence-electron chi connectivity index (χ3n) is 2.78. The Kier molecular flexibility index (Phi) is 3.39. The largest absolute Gasteiger partial charge is 0.309 e. The van der Waals surface area contributed by atoms with E-state index in [0.29, 0.717) is 6.54 Å². The van der Waals surface area contributed by atoms with E-state index < -0.39 is 0 Å². The number of hydrogen-bond donors (Lipinski definition) is 0. The molecule has 0 bridgehead atoms. The summed E-state index contributed by atoms with van der Waals surface area (Å²) in [5, 5.41) is 3.06. The second-order valence-electron chi connectivity index (χ2n) is 5.55. The normalized spacial score (nSPS) is 11.8. The second kappa shape index (κ2) is 4.69. The number of aryl methyl sites for hydroxylation is 1. The Morgan fingerprint density at radius 2 is 2.11 bits per heavy atom. The van der Waals surface area contributed by atoms with E-state index in [4.69, 9.17) is 0 Å². The van der Waals surface area contributed by atoms with Crippen molar-refractivity contribution in [3.05, 3.63) is 50.3 Å². The van der Waals surface area contributed by atoms with Crippen molar-refractivity contribution in [2.75, 3.05) is 0 Å². The van der Waals surface area contributed by atoms with Crippen LogP contribution < -0.4 is 5.56 Å². The summed E-state index contributed by atoms with van der Waals surface area (Å²) in [6.45, 7) is 8.91. The molecule has 0 spiro atoms. The van der Waals surface area contributed by atoms with Gasteiger partial charge in [-0.2, -0.15) is 0 Å². The molecule has 0 aliphatic rings. The molecule has 0 amide bonds. The molecule has 2 aromatic heterocycles. The first kappa shape index (κ1) is 13.0. The molecule has 18 heavy (non-hydrogen) atoms. The van der Waals surface area contributed by atoms with Crippen LogP contribution in [0.2, 0.25) is 0 Å². The van der Waals surface area contributed by atoms with E-state index in [9.17, 15) is 4.79 Å². The molecule has 0 radical (unpaired) electrons. The van der Waals surface area contributed by atoms with Crippen LogP contribution in [-0.4, -0.2) is 9.55 Å². The fourth-order valence-electron chi connectivity index (χ4n) is 1.61. The first-order chi connectivity index (χ1) is 8.36. The van der Waals surface area contributed by atoms with Gasteiger partial charge in [0.05, 0.1) is 12.2 Å². The maximum Gasteiger partial charge on any atom is 0.251 e. The smallest absolute Gasteiger partial charge is 0.251 e. The molecule has 0 aromatic carbocycles. The van der Waals surface area contributed by atoms with E-state index in [-0.39, 0.29) is 11.0 Å². The Morgan fingerprint density at radius 1 is 1.39 bits per heavy atom. The fourth-order valence-corrected chi connectivity index (χ4v) is 2.63. The lowest BCUT2D eigenvalue weighted by molar-refractivity contribution is 0.569. The third-order valence-corrected chi connectivity index (χ3v) is 3.61. The van der Waals surface area contributed by atoms with E-state index in [2.05, 4.69) is 31.1 Å². The Hall–Kier alpha value is -1.42. The number of nitrogens with zero attached hydrogens (tertiary/aromatic N) is 2. The highest BCUT2D eigenvalue weighted by Crippen LogP contribution is 2.24. The number of rotatable bonds is 2. The standard InChI is InChI=1S/C14H18N2OS/c1-10-5-6-16(13(17)7-10)8-12-15-11(9-18-12)14(2,3)4/h5-7,9H,8H2,1-4H3. The highest BCUT2D eigenvalue weighted by Gasteiger charge is 2.17. The molecule has 0 saturated carbocycles. The molecule has 4 heteroatoms. The van der Waals surface area contributed by atoms with Gasteiger partial charge in [0.15, 0.2) is 0 Å². The van der Waals surface area contributed by atoms with Crippen molar-refractivity contribution < 1.29 is 0 Å². The highest BCUT2D eigenvalue weighted by molar-refractivity contribution is 7.09. The van der Waals surface area contributed by atoms with Crippen molar-refractivity contribution in [1.29, 1.82) is 0 Å². The van der Waals surface area contributed by atoms with Crippen molar-refractivity contribution >= 4 is 11.3 Å². The van der Waals surface area contributed by atoms with Crippen molar-refractivity contribution in [1.82, 2.24) is 9.55 Å². The average Bonchev–Trinajstić information content (AvgIpc) is 2.70. The zero-order valence-corrected chi connectivity index (χ0v) is 12.0. The van der Waals surface area contributed by atoms with Gasteiger partial charge >= 0.3 is 0 Å². The van der Waals surface area contributed by atoms with Gasteiger partial charge in [0.2, 0.25) is 0 Å². The molecule has 0 fully saturated rings. The van der Waals surface area contributed by atoms with Gasteiger partial charge in [0.1, 0.15) is 5.01 Å². The van der Waals surface area contributed by atoms with E-state index in [0.717, 1.165) is 16.3 Å². The van der Waals surface area contributed by atoms with Crippen LogP contribution in [-0.2, 0) is 12.0 Å². The zero-order chi connectivity index (χ0) is 13.3. The van der Waals surface area contributed by atoms with E-state index in [1.54, 1.807) is 22.0 Å². The summed E-state index contributed by atoms with van der Waals surface area (Å²) in [5.41, 5.74) is 2.17. The number of thiazole rings is 1. The minimum atomic E-state index is 0.0301. The summed E-state index contributed by atoms with van der Waals surface area (Å²) in [4.78, 5) is 16.4. The molecular formula is C14H18N2OS. The van der Waals surface area contributed by atoms with Crippen LogP contribution >= 0.6 is 11.3 Å². The second-order valence-corrected chi connectivity index (χ2v) is 6.49. The molecule has 2 heterocycles. The van der Waals surface area contributed by atoms with Crippen LogP contribution in [0.5, 0.6) is 0 Å². The Bertz CT molecular complexity index is 605. The van der Waals surface area contributed by atoms with E-state index in [1.807, 2.05) is 19.2 Å². The predicted octanol–water partition coefficient (Wildman–Crippen LogP) is 2.96. The van der Waals surface area contributed by atoms with Crippen LogP contribution in [0.25, 0.3) is 0 Å². The summed E-state index contributed by atoms with van der Waals surface area (Å²) in [5.74, 6) is 0. The summed E-state index contributed by atoms with van der Waals surface area (Å²) >= 11 is 1.61. The van der Waals surface area contributed by atoms with Gasteiger partial charge in [-0.25, -0.2) is 4.98 Å². The Morgan fingerprint density at radius 3 is 2.67 bits per heavy atom. The van der Waals surface area contributed by atoms with Crippen molar-refractivity contribution in [2.24, 2.45) is 0 Å². The molecule has 0 atom stereocenters. The zero-order valence-electron chi connectivity index (χ0n) is 11.2. The summed E-state index contributed by atoms with van der Waals surface area (Å²) in [7, 11) is 0.